The summed E-state index contributed by atoms with van der Waals surface area (Å²) < 4.78 is 0. The Morgan fingerprint density at radius 3 is 2.43 bits per heavy atom. The van der Waals surface area contributed by atoms with Gasteiger partial charge in [-0.1, -0.05) is 19.3 Å². The zero-order valence-electron chi connectivity index (χ0n) is 12.1. The maximum atomic E-state index is 12.4. The van der Waals surface area contributed by atoms with Gasteiger partial charge in [-0.05, 0) is 40.6 Å². The highest BCUT2D eigenvalue weighted by atomic mass is 32.1. The minimum absolute atomic E-state index is 0.0871. The van der Waals surface area contributed by atoms with Crippen LogP contribution in [0.5, 0.6) is 0 Å². The van der Waals surface area contributed by atoms with E-state index in [-0.39, 0.29) is 23.8 Å². The number of likely N-dealkylation sites (tertiary alicyclic amines) is 1. The third-order valence-electron chi connectivity index (χ3n) is 4.85. The van der Waals surface area contributed by atoms with Crippen molar-refractivity contribution >= 4 is 23.2 Å². The molecule has 1 N–H and O–H groups in total. The average molecular weight is 307 g/mol. The molecule has 0 aromatic carbocycles. The zero-order chi connectivity index (χ0) is 14.9. The fraction of sp³-hybridized carbons (Fsp3) is 0.625. The molecule has 1 atom stereocenters. The summed E-state index contributed by atoms with van der Waals surface area (Å²) in [6.45, 7) is 0.0878. The molecule has 21 heavy (non-hydrogen) atoms. The van der Waals surface area contributed by atoms with Crippen LogP contribution in [0.3, 0.4) is 0 Å². The van der Waals surface area contributed by atoms with Crippen LogP contribution in [-0.2, 0) is 9.59 Å². The number of piperidine rings is 1. The molecule has 1 aliphatic carbocycles. The van der Waals surface area contributed by atoms with Crippen LogP contribution in [0.15, 0.2) is 16.8 Å². The molecule has 0 radical (unpaired) electrons. The first-order valence-corrected chi connectivity index (χ1v) is 8.57. The first-order chi connectivity index (χ1) is 10.1. The molecule has 1 aromatic rings. The zero-order valence-corrected chi connectivity index (χ0v) is 12.9. The first-order valence-electron chi connectivity index (χ1n) is 7.63. The molecular formula is C16H21NO3S. The summed E-state index contributed by atoms with van der Waals surface area (Å²) in [6, 6.07) is 1.83. The van der Waals surface area contributed by atoms with Crippen LogP contribution in [-0.4, -0.2) is 28.4 Å². The molecule has 1 saturated heterocycles. The van der Waals surface area contributed by atoms with Gasteiger partial charge in [-0.25, -0.2) is 0 Å². The Hall–Kier alpha value is -1.20. The van der Waals surface area contributed by atoms with Gasteiger partial charge in [0.15, 0.2) is 0 Å². The minimum atomic E-state index is -0.774. The Balaban J connectivity index is 1.68. The lowest BCUT2D eigenvalue weighted by Crippen LogP contribution is -2.49. The van der Waals surface area contributed by atoms with Crippen LogP contribution in [0, 0.1) is 5.41 Å². The van der Waals surface area contributed by atoms with Gasteiger partial charge < -0.3 is 5.11 Å². The van der Waals surface area contributed by atoms with Gasteiger partial charge in [-0.2, -0.15) is 11.3 Å². The molecule has 1 aromatic heterocycles. The van der Waals surface area contributed by atoms with Crippen molar-refractivity contribution in [3.63, 3.8) is 0 Å². The third kappa shape index (κ3) is 3.04. The number of amides is 2. The number of aliphatic hydroxyl groups is 1. The normalized spacial score (nSPS) is 23.6. The van der Waals surface area contributed by atoms with Crippen molar-refractivity contribution in [2.75, 3.05) is 6.54 Å². The van der Waals surface area contributed by atoms with Crippen molar-refractivity contribution in [3.8, 4) is 0 Å². The highest BCUT2D eigenvalue weighted by molar-refractivity contribution is 7.07. The summed E-state index contributed by atoms with van der Waals surface area (Å²) in [4.78, 5) is 26.0. The van der Waals surface area contributed by atoms with Crippen molar-refractivity contribution in [2.45, 2.75) is 51.0 Å². The Morgan fingerprint density at radius 1 is 1.19 bits per heavy atom. The monoisotopic (exact) mass is 307 g/mol. The van der Waals surface area contributed by atoms with Crippen LogP contribution in [0.1, 0.15) is 56.6 Å². The van der Waals surface area contributed by atoms with Crippen LogP contribution < -0.4 is 0 Å². The second kappa shape index (κ2) is 5.89. The predicted octanol–water partition coefficient (Wildman–Crippen LogP) is 2.88. The summed E-state index contributed by atoms with van der Waals surface area (Å²) in [7, 11) is 0. The molecule has 0 bridgehead atoms. The van der Waals surface area contributed by atoms with Crippen LogP contribution >= 0.6 is 11.3 Å². The predicted molar refractivity (Wildman–Crippen MR) is 80.8 cm³/mol. The molecule has 1 saturated carbocycles. The van der Waals surface area contributed by atoms with Crippen LogP contribution in [0.4, 0.5) is 0 Å². The van der Waals surface area contributed by atoms with Crippen LogP contribution in [0.2, 0.25) is 0 Å². The molecule has 5 heteroatoms. The lowest BCUT2D eigenvalue weighted by molar-refractivity contribution is -0.156. The SMILES string of the molecule is O=C1CC2(CCCCC2)CC(=O)N1CC(O)c1ccsc1. The molecule has 114 valence electrons. The van der Waals surface area contributed by atoms with Crippen molar-refractivity contribution < 1.29 is 14.7 Å². The Kier molecular flexibility index (Phi) is 4.13. The Bertz CT molecular complexity index is 500. The molecule has 4 nitrogen and oxygen atoms in total. The lowest BCUT2D eigenvalue weighted by atomic mass is 9.67. The van der Waals surface area contributed by atoms with Crippen molar-refractivity contribution in [3.05, 3.63) is 22.4 Å². The number of carbonyl (C=O) groups excluding carboxylic acids is 2. The molecule has 3 rings (SSSR count). The quantitative estimate of drug-likeness (QED) is 0.874. The van der Waals surface area contributed by atoms with Gasteiger partial charge in [-0.3, -0.25) is 14.5 Å². The molecule has 1 spiro atoms. The van der Waals surface area contributed by atoms with E-state index in [2.05, 4.69) is 0 Å². The number of nitrogens with zero attached hydrogens (tertiary/aromatic N) is 1. The van der Waals surface area contributed by atoms with E-state index in [0.29, 0.717) is 12.8 Å². The third-order valence-corrected chi connectivity index (χ3v) is 5.55. The molecule has 2 amide bonds. The number of rotatable bonds is 3. The van der Waals surface area contributed by atoms with Gasteiger partial charge in [0.2, 0.25) is 11.8 Å². The smallest absolute Gasteiger partial charge is 0.229 e. The van der Waals surface area contributed by atoms with E-state index in [1.54, 1.807) is 0 Å². The second-order valence-electron chi connectivity index (χ2n) is 6.38. The van der Waals surface area contributed by atoms with E-state index in [1.165, 1.54) is 22.7 Å². The largest absolute Gasteiger partial charge is 0.387 e. The molecule has 2 aliphatic rings. The van der Waals surface area contributed by atoms with E-state index in [1.807, 2.05) is 16.8 Å². The molecular weight excluding hydrogens is 286 g/mol. The van der Waals surface area contributed by atoms with E-state index in [0.717, 1.165) is 31.2 Å². The Morgan fingerprint density at radius 2 is 1.86 bits per heavy atom. The van der Waals surface area contributed by atoms with Gasteiger partial charge >= 0.3 is 0 Å². The second-order valence-corrected chi connectivity index (χ2v) is 7.16. The van der Waals surface area contributed by atoms with Gasteiger partial charge in [0, 0.05) is 12.8 Å². The summed E-state index contributed by atoms with van der Waals surface area (Å²) >= 11 is 1.50. The number of β-amino-alcohol motifs (C(OH)–C–C–N with tert-alkyl or cyclic N) is 1. The fourth-order valence-electron chi connectivity index (χ4n) is 3.64. The number of imide groups is 1. The summed E-state index contributed by atoms with van der Waals surface area (Å²) in [5, 5.41) is 13.9. The summed E-state index contributed by atoms with van der Waals surface area (Å²) in [6.07, 6.45) is 5.60. The minimum Gasteiger partial charge on any atom is -0.387 e. The number of thiophene rings is 1. The molecule has 1 aliphatic heterocycles. The summed E-state index contributed by atoms with van der Waals surface area (Å²) in [5.41, 5.74) is 0.689. The van der Waals surface area contributed by atoms with Crippen molar-refractivity contribution in [1.29, 1.82) is 0 Å². The summed E-state index contributed by atoms with van der Waals surface area (Å²) in [5.74, 6) is -0.218. The number of aliphatic hydroxyl groups excluding tert-OH is 1. The maximum absolute atomic E-state index is 12.4. The van der Waals surface area contributed by atoms with E-state index in [9.17, 15) is 14.7 Å². The lowest BCUT2D eigenvalue weighted by Gasteiger charge is -2.42. The number of carbonyl (C=O) groups is 2. The highest BCUT2D eigenvalue weighted by Crippen LogP contribution is 2.45. The maximum Gasteiger partial charge on any atom is 0.229 e. The number of hydrogen-bond acceptors (Lipinski definition) is 4. The van der Waals surface area contributed by atoms with Gasteiger partial charge in [0.05, 0.1) is 12.6 Å². The molecule has 2 heterocycles. The number of hydrogen-bond donors (Lipinski definition) is 1. The first kappa shape index (κ1) is 14.7. The topological polar surface area (TPSA) is 57.6 Å². The molecule has 2 fully saturated rings. The van der Waals surface area contributed by atoms with Gasteiger partial charge in [-0.15, -0.1) is 0 Å². The van der Waals surface area contributed by atoms with E-state index >= 15 is 0 Å². The Labute approximate surface area is 128 Å². The van der Waals surface area contributed by atoms with Gasteiger partial charge in [0.25, 0.3) is 0 Å². The average Bonchev–Trinajstić information content (AvgIpc) is 2.98. The highest BCUT2D eigenvalue weighted by Gasteiger charge is 2.44. The van der Waals surface area contributed by atoms with Crippen molar-refractivity contribution in [1.82, 2.24) is 4.90 Å². The van der Waals surface area contributed by atoms with E-state index in [4.69, 9.17) is 0 Å². The van der Waals surface area contributed by atoms with E-state index < -0.39 is 6.10 Å². The van der Waals surface area contributed by atoms with Crippen LogP contribution in [0.25, 0.3) is 0 Å². The standard InChI is InChI=1S/C16H21NO3S/c18-13(12-4-7-21-11-12)10-17-14(19)8-16(9-15(17)20)5-2-1-3-6-16/h4,7,11,13,18H,1-3,5-6,8-10H2. The van der Waals surface area contributed by atoms with Gasteiger partial charge in [0.1, 0.15) is 0 Å². The van der Waals surface area contributed by atoms with Crippen molar-refractivity contribution in [2.24, 2.45) is 5.41 Å². The molecule has 1 unspecified atom stereocenters. The fourth-order valence-corrected chi connectivity index (χ4v) is 4.34.